The van der Waals surface area contributed by atoms with Crippen LogP contribution in [0.25, 0.3) is 0 Å². The van der Waals surface area contributed by atoms with Crippen LogP contribution in [0, 0.1) is 6.92 Å². The average Bonchev–Trinajstić information content (AvgIpc) is 2.67. The second-order valence-corrected chi connectivity index (χ2v) is 9.35. The van der Waals surface area contributed by atoms with Crippen molar-refractivity contribution < 1.29 is 14.3 Å². The third-order valence-corrected chi connectivity index (χ3v) is 5.31. The number of carbonyl (C=O) groups is 2. The Kier molecular flexibility index (Phi) is 8.78. The molecule has 0 radical (unpaired) electrons. The molecule has 5 nitrogen and oxygen atoms in total. The van der Waals surface area contributed by atoms with Crippen molar-refractivity contribution in [1.82, 2.24) is 10.2 Å². The summed E-state index contributed by atoms with van der Waals surface area (Å²) < 4.78 is 5.72. The molecular formula is C24H30Cl2N2O3. The Morgan fingerprint density at radius 1 is 1.10 bits per heavy atom. The average molecular weight is 465 g/mol. The van der Waals surface area contributed by atoms with E-state index in [4.69, 9.17) is 27.9 Å². The Bertz CT molecular complexity index is 925. The lowest BCUT2D eigenvalue weighted by Gasteiger charge is -2.33. The monoisotopic (exact) mass is 464 g/mol. The second kappa shape index (κ2) is 10.9. The molecular weight excluding hydrogens is 435 g/mol. The largest absolute Gasteiger partial charge is 0.484 e. The molecule has 1 N–H and O–H groups in total. The molecule has 2 aromatic carbocycles. The second-order valence-electron chi connectivity index (χ2n) is 8.54. The predicted octanol–water partition coefficient (Wildman–Crippen LogP) is 5.40. The highest BCUT2D eigenvalue weighted by molar-refractivity contribution is 6.42. The van der Waals surface area contributed by atoms with Gasteiger partial charge in [0.05, 0.1) is 10.0 Å². The van der Waals surface area contributed by atoms with Gasteiger partial charge >= 0.3 is 0 Å². The standard InChI is InChI=1S/C24H30Cl2N2O3/c1-6-21(23(30)27-24(3,4)5)28(14-17-10-11-19(25)20(26)13-17)22(29)15-31-18-9-7-8-16(2)12-18/h7-13,21H,6,14-15H2,1-5H3,(H,27,30). The van der Waals surface area contributed by atoms with Gasteiger partial charge in [0, 0.05) is 12.1 Å². The summed E-state index contributed by atoms with van der Waals surface area (Å²) in [6, 6.07) is 12.0. The third-order valence-electron chi connectivity index (χ3n) is 4.57. The molecule has 0 aromatic heterocycles. The van der Waals surface area contributed by atoms with Gasteiger partial charge in [-0.05, 0) is 69.5 Å². The Balaban J connectivity index is 2.27. The minimum Gasteiger partial charge on any atom is -0.484 e. The van der Waals surface area contributed by atoms with Crippen LogP contribution < -0.4 is 10.1 Å². The van der Waals surface area contributed by atoms with E-state index in [-0.39, 0.29) is 25.0 Å². The number of nitrogens with zero attached hydrogens (tertiary/aromatic N) is 1. The number of aryl methyl sites for hydroxylation is 1. The molecule has 0 spiro atoms. The van der Waals surface area contributed by atoms with E-state index in [0.29, 0.717) is 22.2 Å². The SMILES string of the molecule is CCC(C(=O)NC(C)(C)C)N(Cc1ccc(Cl)c(Cl)c1)C(=O)COc1cccc(C)c1. The third kappa shape index (κ3) is 7.75. The molecule has 2 rings (SSSR count). The zero-order valence-electron chi connectivity index (χ0n) is 18.7. The summed E-state index contributed by atoms with van der Waals surface area (Å²) in [5, 5.41) is 3.80. The summed E-state index contributed by atoms with van der Waals surface area (Å²) in [7, 11) is 0. The molecule has 168 valence electrons. The van der Waals surface area contributed by atoms with Crippen LogP contribution >= 0.6 is 23.2 Å². The van der Waals surface area contributed by atoms with Gasteiger partial charge in [-0.15, -0.1) is 0 Å². The maximum absolute atomic E-state index is 13.2. The summed E-state index contributed by atoms with van der Waals surface area (Å²) in [6.45, 7) is 9.59. The maximum Gasteiger partial charge on any atom is 0.261 e. The van der Waals surface area contributed by atoms with Gasteiger partial charge < -0.3 is 15.0 Å². The minimum atomic E-state index is -0.651. The van der Waals surface area contributed by atoms with Gasteiger partial charge in [-0.3, -0.25) is 9.59 Å². The van der Waals surface area contributed by atoms with Crippen molar-refractivity contribution in [3.8, 4) is 5.75 Å². The molecule has 0 aliphatic rings. The fraction of sp³-hybridized carbons (Fsp3) is 0.417. The van der Waals surface area contributed by atoms with Gasteiger partial charge in [-0.1, -0.05) is 48.3 Å². The van der Waals surface area contributed by atoms with E-state index in [1.54, 1.807) is 24.3 Å². The zero-order chi connectivity index (χ0) is 23.2. The van der Waals surface area contributed by atoms with E-state index in [0.717, 1.165) is 11.1 Å². The molecule has 0 saturated heterocycles. The van der Waals surface area contributed by atoms with E-state index in [2.05, 4.69) is 5.32 Å². The van der Waals surface area contributed by atoms with Crippen molar-refractivity contribution in [3.05, 3.63) is 63.6 Å². The molecule has 0 heterocycles. The van der Waals surface area contributed by atoms with E-state index in [1.807, 2.05) is 52.8 Å². The summed E-state index contributed by atoms with van der Waals surface area (Å²) in [4.78, 5) is 27.7. The number of nitrogens with one attached hydrogen (secondary N) is 1. The van der Waals surface area contributed by atoms with Crippen molar-refractivity contribution in [2.75, 3.05) is 6.61 Å². The molecule has 2 aromatic rings. The Morgan fingerprint density at radius 3 is 2.39 bits per heavy atom. The number of amides is 2. The van der Waals surface area contributed by atoms with Crippen LogP contribution in [0.5, 0.6) is 5.75 Å². The van der Waals surface area contributed by atoms with Crippen LogP contribution in [-0.2, 0) is 16.1 Å². The fourth-order valence-electron chi connectivity index (χ4n) is 3.14. The van der Waals surface area contributed by atoms with Gasteiger partial charge in [0.1, 0.15) is 11.8 Å². The first-order chi connectivity index (χ1) is 14.5. The smallest absolute Gasteiger partial charge is 0.261 e. The lowest BCUT2D eigenvalue weighted by molar-refractivity contribution is -0.143. The highest BCUT2D eigenvalue weighted by Crippen LogP contribution is 2.24. The van der Waals surface area contributed by atoms with E-state index >= 15 is 0 Å². The van der Waals surface area contributed by atoms with Crippen molar-refractivity contribution in [1.29, 1.82) is 0 Å². The first-order valence-corrected chi connectivity index (χ1v) is 11.0. The molecule has 0 saturated carbocycles. The number of halogens is 2. The highest BCUT2D eigenvalue weighted by atomic mass is 35.5. The van der Waals surface area contributed by atoms with Gasteiger partial charge in [-0.25, -0.2) is 0 Å². The normalized spacial score (nSPS) is 12.2. The van der Waals surface area contributed by atoms with E-state index in [1.165, 1.54) is 4.90 Å². The van der Waals surface area contributed by atoms with Crippen molar-refractivity contribution >= 4 is 35.0 Å². The summed E-state index contributed by atoms with van der Waals surface area (Å²) in [5.74, 6) is 0.109. The van der Waals surface area contributed by atoms with Crippen LogP contribution in [0.2, 0.25) is 10.0 Å². The summed E-state index contributed by atoms with van der Waals surface area (Å²) in [6.07, 6.45) is 0.458. The number of ether oxygens (including phenoxy) is 1. The van der Waals surface area contributed by atoms with Crippen molar-refractivity contribution in [3.63, 3.8) is 0 Å². The quantitative estimate of drug-likeness (QED) is 0.568. The molecule has 0 aliphatic heterocycles. The number of hydrogen-bond donors (Lipinski definition) is 1. The Labute approximate surface area is 194 Å². The molecule has 0 bridgehead atoms. The lowest BCUT2D eigenvalue weighted by Crippen LogP contribution is -2.54. The first-order valence-electron chi connectivity index (χ1n) is 10.2. The predicted molar refractivity (Wildman–Crippen MR) is 126 cm³/mol. The highest BCUT2D eigenvalue weighted by Gasteiger charge is 2.31. The Morgan fingerprint density at radius 2 is 1.81 bits per heavy atom. The topological polar surface area (TPSA) is 58.6 Å². The molecule has 7 heteroatoms. The number of carbonyl (C=O) groups excluding carboxylic acids is 2. The lowest BCUT2D eigenvalue weighted by atomic mass is 10.1. The van der Waals surface area contributed by atoms with Crippen LogP contribution in [-0.4, -0.2) is 34.9 Å². The first kappa shape index (κ1) is 25.0. The van der Waals surface area contributed by atoms with E-state index in [9.17, 15) is 9.59 Å². The van der Waals surface area contributed by atoms with E-state index < -0.39 is 11.6 Å². The van der Waals surface area contributed by atoms with Crippen LogP contribution in [0.3, 0.4) is 0 Å². The van der Waals surface area contributed by atoms with Crippen LogP contribution in [0.4, 0.5) is 0 Å². The molecule has 0 aliphatic carbocycles. The number of rotatable bonds is 8. The molecule has 0 fully saturated rings. The van der Waals surface area contributed by atoms with Crippen LogP contribution in [0.15, 0.2) is 42.5 Å². The fourth-order valence-corrected chi connectivity index (χ4v) is 3.46. The van der Waals surface area contributed by atoms with Crippen molar-refractivity contribution in [2.45, 2.75) is 59.2 Å². The zero-order valence-corrected chi connectivity index (χ0v) is 20.2. The van der Waals surface area contributed by atoms with Gasteiger partial charge in [-0.2, -0.15) is 0 Å². The van der Waals surface area contributed by atoms with Crippen LogP contribution in [0.1, 0.15) is 45.2 Å². The molecule has 1 unspecified atom stereocenters. The molecule has 1 atom stereocenters. The van der Waals surface area contributed by atoms with Gasteiger partial charge in [0.25, 0.3) is 5.91 Å². The molecule has 31 heavy (non-hydrogen) atoms. The minimum absolute atomic E-state index is 0.177. The number of benzene rings is 2. The van der Waals surface area contributed by atoms with Gasteiger partial charge in [0.15, 0.2) is 6.61 Å². The summed E-state index contributed by atoms with van der Waals surface area (Å²) >= 11 is 12.2. The summed E-state index contributed by atoms with van der Waals surface area (Å²) in [5.41, 5.74) is 1.40. The maximum atomic E-state index is 13.2. The van der Waals surface area contributed by atoms with Crippen molar-refractivity contribution in [2.24, 2.45) is 0 Å². The number of hydrogen-bond acceptors (Lipinski definition) is 3. The van der Waals surface area contributed by atoms with Gasteiger partial charge in [0.2, 0.25) is 5.91 Å². The Hall–Kier alpha value is -2.24. The molecule has 2 amide bonds.